The fraction of sp³-hybridized carbons (Fsp3) is 0.316. The molecule has 0 radical (unpaired) electrons. The summed E-state index contributed by atoms with van der Waals surface area (Å²) in [5.74, 6) is -0.542. The van der Waals surface area contributed by atoms with Crippen LogP contribution in [0.4, 0.5) is 15.8 Å². The van der Waals surface area contributed by atoms with E-state index >= 15 is 0 Å². The van der Waals surface area contributed by atoms with Crippen LogP contribution in [0, 0.1) is 12.7 Å². The molecule has 0 fully saturated rings. The Balaban J connectivity index is 2.11. The van der Waals surface area contributed by atoms with Crippen LogP contribution in [0.15, 0.2) is 41.4 Å². The second-order valence-corrected chi connectivity index (χ2v) is 8.49. The van der Waals surface area contributed by atoms with Gasteiger partial charge in [0.25, 0.3) is 0 Å². The fourth-order valence-electron chi connectivity index (χ4n) is 2.28. The van der Waals surface area contributed by atoms with Gasteiger partial charge >= 0.3 is 0 Å². The maximum atomic E-state index is 13.2. The lowest BCUT2D eigenvalue weighted by Crippen LogP contribution is -2.19. The average Bonchev–Trinajstić information content (AvgIpc) is 2.61. The highest BCUT2D eigenvalue weighted by atomic mass is 35.5. The summed E-state index contributed by atoms with van der Waals surface area (Å²) in [6.45, 7) is 4.59. The smallest absolute Gasteiger partial charge is 0.233 e. The van der Waals surface area contributed by atoms with Crippen molar-refractivity contribution in [1.82, 2.24) is 4.90 Å². The summed E-state index contributed by atoms with van der Waals surface area (Å²) in [6, 6.07) is 9.19. The molecule has 0 spiro atoms. The molecule has 2 aromatic carbocycles. The van der Waals surface area contributed by atoms with Crippen molar-refractivity contribution in [2.75, 3.05) is 24.1 Å². The van der Waals surface area contributed by atoms with Gasteiger partial charge in [-0.3, -0.25) is 4.72 Å². The van der Waals surface area contributed by atoms with Gasteiger partial charge in [0, 0.05) is 13.6 Å². The molecule has 2 rings (SSSR count). The predicted octanol–water partition coefficient (Wildman–Crippen LogP) is 4.38. The molecule has 0 aliphatic carbocycles. The highest BCUT2D eigenvalue weighted by Crippen LogP contribution is 2.31. The van der Waals surface area contributed by atoms with E-state index < -0.39 is 10.0 Å². The van der Waals surface area contributed by atoms with Crippen molar-refractivity contribution in [1.29, 1.82) is 0 Å². The van der Waals surface area contributed by atoms with Crippen molar-refractivity contribution in [2.45, 2.75) is 20.3 Å². The van der Waals surface area contributed by atoms with Gasteiger partial charge in [-0.25, -0.2) is 17.8 Å². The van der Waals surface area contributed by atoms with Crippen LogP contribution in [0.5, 0.6) is 0 Å². The zero-order valence-corrected chi connectivity index (χ0v) is 17.1. The quantitative estimate of drug-likeness (QED) is 0.517. The Hall–Kier alpha value is -2.12. The SMILES string of the molecule is CCN(C)C=Nc1cc(C)c(NS(=O)(=O)CCc2cccc(F)c2)cc1Cl. The third kappa shape index (κ3) is 6.52. The van der Waals surface area contributed by atoms with Gasteiger partial charge in [-0.05, 0) is 55.7 Å². The zero-order valence-electron chi connectivity index (χ0n) is 15.5. The summed E-state index contributed by atoms with van der Waals surface area (Å²) in [4.78, 5) is 6.21. The minimum Gasteiger partial charge on any atom is -0.366 e. The van der Waals surface area contributed by atoms with Crippen LogP contribution in [0.1, 0.15) is 18.1 Å². The van der Waals surface area contributed by atoms with E-state index in [1.54, 1.807) is 37.5 Å². The number of anilines is 1. The predicted molar refractivity (Wildman–Crippen MR) is 110 cm³/mol. The normalized spacial score (nSPS) is 11.7. The minimum absolute atomic E-state index is 0.158. The second kappa shape index (κ2) is 9.19. The fourth-order valence-corrected chi connectivity index (χ4v) is 3.65. The highest BCUT2D eigenvalue weighted by molar-refractivity contribution is 7.92. The van der Waals surface area contributed by atoms with Crippen molar-refractivity contribution in [3.05, 3.63) is 58.4 Å². The van der Waals surface area contributed by atoms with Crippen molar-refractivity contribution in [3.8, 4) is 0 Å². The van der Waals surface area contributed by atoms with Crippen LogP contribution in [-0.4, -0.2) is 39.0 Å². The molecular formula is C19H23ClFN3O2S. The maximum absolute atomic E-state index is 13.2. The molecule has 0 aliphatic rings. The largest absolute Gasteiger partial charge is 0.366 e. The summed E-state index contributed by atoms with van der Waals surface area (Å²) in [5.41, 5.74) is 2.30. The summed E-state index contributed by atoms with van der Waals surface area (Å²) in [7, 11) is -1.71. The first-order chi connectivity index (χ1) is 12.7. The monoisotopic (exact) mass is 411 g/mol. The van der Waals surface area contributed by atoms with Crippen molar-refractivity contribution in [2.24, 2.45) is 4.99 Å². The van der Waals surface area contributed by atoms with Crippen molar-refractivity contribution < 1.29 is 12.8 Å². The second-order valence-electron chi connectivity index (χ2n) is 6.24. The number of hydrogen-bond acceptors (Lipinski definition) is 3. The lowest BCUT2D eigenvalue weighted by atomic mass is 10.2. The van der Waals surface area contributed by atoms with Crippen molar-refractivity contribution >= 4 is 39.3 Å². The number of rotatable bonds is 8. The highest BCUT2D eigenvalue weighted by Gasteiger charge is 2.14. The molecular weight excluding hydrogens is 389 g/mol. The molecule has 5 nitrogen and oxygen atoms in total. The van der Waals surface area contributed by atoms with Gasteiger partial charge in [-0.1, -0.05) is 23.7 Å². The number of nitrogens with zero attached hydrogens (tertiary/aromatic N) is 2. The molecule has 0 aromatic heterocycles. The van der Waals surface area contributed by atoms with E-state index in [1.807, 2.05) is 18.9 Å². The molecule has 0 unspecified atom stereocenters. The Morgan fingerprint density at radius 2 is 2.04 bits per heavy atom. The van der Waals surface area contributed by atoms with E-state index in [0.717, 1.165) is 6.54 Å². The van der Waals surface area contributed by atoms with Gasteiger partial charge < -0.3 is 4.90 Å². The number of sulfonamides is 1. The lowest BCUT2D eigenvalue weighted by Gasteiger charge is -2.13. The number of halogens is 2. The third-order valence-corrected chi connectivity index (χ3v) is 5.58. The van der Waals surface area contributed by atoms with E-state index in [-0.39, 0.29) is 18.0 Å². The molecule has 0 saturated carbocycles. The van der Waals surface area contributed by atoms with Crippen LogP contribution >= 0.6 is 11.6 Å². The van der Waals surface area contributed by atoms with Crippen molar-refractivity contribution in [3.63, 3.8) is 0 Å². The molecule has 0 bridgehead atoms. The molecule has 0 atom stereocenters. The van der Waals surface area contributed by atoms with Crippen LogP contribution in [0.25, 0.3) is 0 Å². The van der Waals surface area contributed by atoms with Gasteiger partial charge in [0.15, 0.2) is 0 Å². The number of benzene rings is 2. The van der Waals surface area contributed by atoms with Gasteiger partial charge in [-0.2, -0.15) is 0 Å². The van der Waals surface area contributed by atoms with Gasteiger partial charge in [0.1, 0.15) is 5.82 Å². The number of nitrogens with one attached hydrogen (secondary N) is 1. The topological polar surface area (TPSA) is 61.8 Å². The summed E-state index contributed by atoms with van der Waals surface area (Å²) < 4.78 is 40.5. The lowest BCUT2D eigenvalue weighted by molar-refractivity contribution is 0.552. The molecule has 8 heteroatoms. The molecule has 1 N–H and O–H groups in total. The molecule has 0 amide bonds. The van der Waals surface area contributed by atoms with Crippen LogP contribution in [0.3, 0.4) is 0 Å². The Bertz CT molecular complexity index is 933. The Kier molecular flexibility index (Phi) is 7.21. The zero-order chi connectivity index (χ0) is 20.0. The number of aryl methyl sites for hydroxylation is 2. The maximum Gasteiger partial charge on any atom is 0.233 e. The molecule has 0 saturated heterocycles. The third-order valence-electron chi connectivity index (χ3n) is 4.00. The number of hydrogen-bond donors (Lipinski definition) is 1. The molecule has 27 heavy (non-hydrogen) atoms. The first kappa shape index (κ1) is 21.2. The average molecular weight is 412 g/mol. The van der Waals surface area contributed by atoms with Crippen LogP contribution < -0.4 is 4.72 Å². The standard InChI is InChI=1S/C19H23ClFN3O2S/c1-4-24(3)13-22-19-10-14(2)18(12-17(19)20)23-27(25,26)9-8-15-6-5-7-16(21)11-15/h5-7,10-13,23H,4,8-9H2,1-3H3. The van der Waals surface area contributed by atoms with Gasteiger partial charge in [0.2, 0.25) is 10.0 Å². The molecule has 146 valence electrons. The van der Waals surface area contributed by atoms with E-state index in [9.17, 15) is 12.8 Å². The van der Waals surface area contributed by atoms with Gasteiger partial charge in [0.05, 0.1) is 28.5 Å². The molecule has 0 aliphatic heterocycles. The Morgan fingerprint density at radius 3 is 2.70 bits per heavy atom. The van der Waals surface area contributed by atoms with Gasteiger partial charge in [-0.15, -0.1) is 0 Å². The van der Waals surface area contributed by atoms with E-state index in [0.29, 0.717) is 27.5 Å². The van der Waals surface area contributed by atoms with E-state index in [4.69, 9.17) is 11.6 Å². The molecule has 2 aromatic rings. The number of aliphatic imine (C=N–C) groups is 1. The molecule has 0 heterocycles. The van der Waals surface area contributed by atoms with E-state index in [1.165, 1.54) is 12.1 Å². The first-order valence-electron chi connectivity index (χ1n) is 8.49. The van der Waals surface area contributed by atoms with Crippen LogP contribution in [0.2, 0.25) is 5.02 Å². The minimum atomic E-state index is -3.61. The Morgan fingerprint density at radius 1 is 1.30 bits per heavy atom. The first-order valence-corrected chi connectivity index (χ1v) is 10.5. The van der Waals surface area contributed by atoms with Crippen LogP contribution in [-0.2, 0) is 16.4 Å². The summed E-state index contributed by atoms with van der Waals surface area (Å²) in [5, 5.41) is 0.351. The Labute approximate surface area is 164 Å². The summed E-state index contributed by atoms with van der Waals surface area (Å²) in [6.07, 6.45) is 1.88. The summed E-state index contributed by atoms with van der Waals surface area (Å²) >= 11 is 6.24. The van der Waals surface area contributed by atoms with E-state index in [2.05, 4.69) is 9.71 Å².